The van der Waals surface area contributed by atoms with E-state index in [0.29, 0.717) is 0 Å². The van der Waals surface area contributed by atoms with Gasteiger partial charge in [0.15, 0.2) is 5.75 Å². The molecule has 0 bridgehead atoms. The summed E-state index contributed by atoms with van der Waals surface area (Å²) in [6.45, 7) is 2.28. The first-order chi connectivity index (χ1) is 15.6. The second-order valence-electron chi connectivity index (χ2n) is 9.55. The SMILES string of the molecule is CCCCCCCCCCCCCCCCCCCCCCc1ccc(O)c([N+](=O)[O-])c1. The Balaban J connectivity index is 1.80. The number of hydrogen-bond acceptors (Lipinski definition) is 3. The molecule has 0 aliphatic heterocycles. The van der Waals surface area contributed by atoms with Crippen molar-refractivity contribution >= 4 is 5.69 Å². The van der Waals surface area contributed by atoms with Crippen LogP contribution in [-0.2, 0) is 6.42 Å². The van der Waals surface area contributed by atoms with Crippen LogP contribution in [0, 0.1) is 10.1 Å². The maximum absolute atomic E-state index is 10.9. The van der Waals surface area contributed by atoms with Crippen LogP contribution in [0.15, 0.2) is 18.2 Å². The van der Waals surface area contributed by atoms with Crippen molar-refractivity contribution in [3.05, 3.63) is 33.9 Å². The molecule has 0 atom stereocenters. The van der Waals surface area contributed by atoms with Gasteiger partial charge < -0.3 is 5.11 Å². The Morgan fingerprint density at radius 2 is 1.03 bits per heavy atom. The first kappa shape index (κ1) is 28.5. The summed E-state index contributed by atoms with van der Waals surface area (Å²) in [6.07, 6.45) is 28.2. The van der Waals surface area contributed by atoms with Gasteiger partial charge in [-0.25, -0.2) is 0 Å². The third-order valence-corrected chi connectivity index (χ3v) is 6.56. The van der Waals surface area contributed by atoms with Gasteiger partial charge in [-0.05, 0) is 24.5 Å². The highest BCUT2D eigenvalue weighted by molar-refractivity contribution is 5.47. The molecule has 1 N–H and O–H groups in total. The van der Waals surface area contributed by atoms with Crippen molar-refractivity contribution in [2.75, 3.05) is 0 Å². The van der Waals surface area contributed by atoms with Gasteiger partial charge in [-0.2, -0.15) is 0 Å². The summed E-state index contributed by atoms with van der Waals surface area (Å²) in [6, 6.07) is 4.73. The maximum atomic E-state index is 10.9. The molecule has 0 saturated heterocycles. The molecule has 1 rings (SSSR count). The summed E-state index contributed by atoms with van der Waals surface area (Å²) in [4.78, 5) is 10.4. The monoisotopic (exact) mass is 447 g/mol. The standard InChI is InChI=1S/C28H49NO3/c1-2-3-4-5-6-7-8-9-10-11-12-13-14-15-16-17-18-19-20-21-22-26-23-24-28(30)27(25-26)29(31)32/h23-25,30H,2-22H2,1H3. The van der Waals surface area contributed by atoms with Gasteiger partial charge in [0, 0.05) is 6.07 Å². The van der Waals surface area contributed by atoms with Crippen molar-refractivity contribution < 1.29 is 10.0 Å². The topological polar surface area (TPSA) is 63.4 Å². The lowest BCUT2D eigenvalue weighted by atomic mass is 10.0. The van der Waals surface area contributed by atoms with E-state index >= 15 is 0 Å². The van der Waals surface area contributed by atoms with Gasteiger partial charge in [-0.15, -0.1) is 0 Å². The first-order valence-corrected chi connectivity index (χ1v) is 13.6. The lowest BCUT2D eigenvalue weighted by Gasteiger charge is -2.05. The van der Waals surface area contributed by atoms with Gasteiger partial charge in [0.1, 0.15) is 0 Å². The number of nitrogens with zero attached hydrogens (tertiary/aromatic N) is 1. The van der Waals surface area contributed by atoms with Crippen LogP contribution in [0.4, 0.5) is 5.69 Å². The Morgan fingerprint density at radius 1 is 0.656 bits per heavy atom. The molecule has 4 heteroatoms. The van der Waals surface area contributed by atoms with Crippen molar-refractivity contribution in [2.24, 2.45) is 0 Å². The fraction of sp³-hybridized carbons (Fsp3) is 0.786. The van der Waals surface area contributed by atoms with E-state index in [1.54, 1.807) is 6.07 Å². The van der Waals surface area contributed by atoms with Crippen LogP contribution in [-0.4, -0.2) is 10.0 Å². The van der Waals surface area contributed by atoms with Crippen LogP contribution >= 0.6 is 0 Å². The molecule has 0 spiro atoms. The summed E-state index contributed by atoms with van der Waals surface area (Å²) in [5.74, 6) is -0.248. The van der Waals surface area contributed by atoms with Crippen LogP contribution in [0.3, 0.4) is 0 Å². The van der Waals surface area contributed by atoms with Crippen molar-refractivity contribution in [3.63, 3.8) is 0 Å². The number of hydrogen-bond donors (Lipinski definition) is 1. The minimum Gasteiger partial charge on any atom is -0.502 e. The van der Waals surface area contributed by atoms with E-state index < -0.39 is 4.92 Å². The molecule has 0 saturated carbocycles. The van der Waals surface area contributed by atoms with E-state index in [2.05, 4.69) is 6.92 Å². The lowest BCUT2D eigenvalue weighted by Crippen LogP contribution is -1.92. The normalized spacial score (nSPS) is 11.2. The summed E-state index contributed by atoms with van der Waals surface area (Å²) in [5.41, 5.74) is 0.757. The molecule has 0 aliphatic rings. The summed E-state index contributed by atoms with van der Waals surface area (Å²) in [5, 5.41) is 20.4. The fourth-order valence-electron chi connectivity index (χ4n) is 4.46. The largest absolute Gasteiger partial charge is 0.502 e. The number of phenols is 1. The molecular formula is C28H49NO3. The molecule has 0 heterocycles. The Bertz CT molecular complexity index is 588. The molecule has 184 valence electrons. The van der Waals surface area contributed by atoms with E-state index in [0.717, 1.165) is 18.4 Å². The van der Waals surface area contributed by atoms with Gasteiger partial charge in [-0.1, -0.05) is 135 Å². The van der Waals surface area contributed by atoms with Crippen LogP contribution in [0.2, 0.25) is 0 Å². The molecule has 0 aliphatic carbocycles. The predicted molar refractivity (Wildman–Crippen MR) is 136 cm³/mol. The van der Waals surface area contributed by atoms with E-state index in [1.165, 1.54) is 134 Å². The Hall–Kier alpha value is -1.58. The minimum atomic E-state index is -0.518. The quantitative estimate of drug-likeness (QED) is 0.109. The highest BCUT2D eigenvalue weighted by atomic mass is 16.6. The Kier molecular flexibility index (Phi) is 17.8. The molecule has 0 fully saturated rings. The molecule has 0 radical (unpaired) electrons. The van der Waals surface area contributed by atoms with Crippen molar-refractivity contribution in [1.29, 1.82) is 0 Å². The zero-order chi connectivity index (χ0) is 23.3. The number of benzene rings is 1. The van der Waals surface area contributed by atoms with Gasteiger partial charge in [0.05, 0.1) is 4.92 Å². The highest BCUT2D eigenvalue weighted by Gasteiger charge is 2.13. The third-order valence-electron chi connectivity index (χ3n) is 6.56. The van der Waals surface area contributed by atoms with Gasteiger partial charge in [0.2, 0.25) is 0 Å². The molecule has 32 heavy (non-hydrogen) atoms. The van der Waals surface area contributed by atoms with Crippen molar-refractivity contribution in [3.8, 4) is 5.75 Å². The average Bonchev–Trinajstić information content (AvgIpc) is 2.78. The van der Waals surface area contributed by atoms with Crippen LogP contribution in [0.1, 0.15) is 141 Å². The highest BCUT2D eigenvalue weighted by Crippen LogP contribution is 2.27. The lowest BCUT2D eigenvalue weighted by molar-refractivity contribution is -0.385. The zero-order valence-corrected chi connectivity index (χ0v) is 20.8. The maximum Gasteiger partial charge on any atom is 0.310 e. The number of aromatic hydroxyl groups is 1. The van der Waals surface area contributed by atoms with Crippen molar-refractivity contribution in [2.45, 2.75) is 142 Å². The molecule has 1 aromatic carbocycles. The minimum absolute atomic E-state index is 0.185. The number of rotatable bonds is 22. The smallest absolute Gasteiger partial charge is 0.310 e. The molecule has 0 aromatic heterocycles. The Morgan fingerprint density at radius 3 is 1.41 bits per heavy atom. The van der Waals surface area contributed by atoms with Gasteiger partial charge >= 0.3 is 5.69 Å². The zero-order valence-electron chi connectivity index (χ0n) is 20.8. The van der Waals surface area contributed by atoms with E-state index in [4.69, 9.17) is 0 Å². The van der Waals surface area contributed by atoms with Crippen LogP contribution in [0.25, 0.3) is 0 Å². The van der Waals surface area contributed by atoms with Gasteiger partial charge in [0.25, 0.3) is 0 Å². The molecule has 0 amide bonds. The molecule has 1 aromatic rings. The summed E-state index contributed by atoms with van der Waals surface area (Å²) >= 11 is 0. The van der Waals surface area contributed by atoms with Crippen LogP contribution in [0.5, 0.6) is 5.75 Å². The molecule has 0 unspecified atom stereocenters. The predicted octanol–water partition coefficient (Wildman–Crippen LogP) is 9.66. The first-order valence-electron chi connectivity index (χ1n) is 13.6. The molecule has 4 nitrogen and oxygen atoms in total. The van der Waals surface area contributed by atoms with E-state index in [9.17, 15) is 15.2 Å². The Labute approximate surface area is 197 Å². The average molecular weight is 448 g/mol. The fourth-order valence-corrected chi connectivity index (χ4v) is 4.46. The number of unbranched alkanes of at least 4 members (excludes halogenated alkanes) is 19. The number of nitro groups is 1. The van der Waals surface area contributed by atoms with E-state index in [1.807, 2.05) is 0 Å². The summed E-state index contributed by atoms with van der Waals surface area (Å²) in [7, 11) is 0. The number of phenolic OH excluding ortho intramolecular Hbond substituents is 1. The van der Waals surface area contributed by atoms with Gasteiger partial charge in [-0.3, -0.25) is 10.1 Å². The third kappa shape index (κ3) is 15.3. The molecular weight excluding hydrogens is 398 g/mol. The van der Waals surface area contributed by atoms with Crippen LogP contribution < -0.4 is 0 Å². The van der Waals surface area contributed by atoms with E-state index in [-0.39, 0.29) is 11.4 Å². The summed E-state index contributed by atoms with van der Waals surface area (Å²) < 4.78 is 0. The van der Waals surface area contributed by atoms with Crippen molar-refractivity contribution in [1.82, 2.24) is 0 Å². The number of nitro benzene ring substituents is 1. The second-order valence-corrected chi connectivity index (χ2v) is 9.55. The second kappa shape index (κ2) is 20.1. The number of aryl methyl sites for hydroxylation is 1.